The van der Waals surface area contributed by atoms with Crippen molar-refractivity contribution in [2.45, 2.75) is 13.2 Å². The van der Waals surface area contributed by atoms with Crippen LogP contribution < -0.4 is 4.74 Å². The summed E-state index contributed by atoms with van der Waals surface area (Å²) in [6.07, 6.45) is 0. The average molecular weight is 386 g/mol. The smallest absolute Gasteiger partial charge is 0.338 e. The number of aromatic nitrogens is 1. The molecule has 2 heterocycles. The molecule has 0 bridgehead atoms. The lowest BCUT2D eigenvalue weighted by molar-refractivity contribution is -0.0173. The van der Waals surface area contributed by atoms with Crippen LogP contribution in [0.5, 0.6) is 11.6 Å². The predicted octanol–water partition coefficient (Wildman–Crippen LogP) is 3.59. The van der Waals surface area contributed by atoms with E-state index < -0.39 is 17.7 Å². The second-order valence-electron chi connectivity index (χ2n) is 6.20. The van der Waals surface area contributed by atoms with Gasteiger partial charge in [-0.05, 0) is 29.4 Å². The van der Waals surface area contributed by atoms with Crippen LogP contribution in [-0.4, -0.2) is 29.5 Å². The van der Waals surface area contributed by atoms with Crippen molar-refractivity contribution in [2.75, 3.05) is 13.9 Å². The van der Waals surface area contributed by atoms with Gasteiger partial charge in [0, 0.05) is 16.5 Å². The molecule has 1 aliphatic rings. The number of nitrogens with zero attached hydrogens (tertiary/aromatic N) is 2. The van der Waals surface area contributed by atoms with E-state index >= 15 is 0 Å². The zero-order valence-corrected chi connectivity index (χ0v) is 14.8. The average Bonchev–Trinajstić information content (AvgIpc) is 2.98. The molecule has 0 atom stereocenters. The van der Waals surface area contributed by atoms with Crippen LogP contribution in [0.1, 0.15) is 21.5 Å². The molecule has 9 heteroatoms. The number of carbonyl (C=O) groups is 1. The lowest BCUT2D eigenvalue weighted by atomic mass is 10.1. The molecule has 144 valence electrons. The molecule has 28 heavy (non-hydrogen) atoms. The van der Waals surface area contributed by atoms with Crippen molar-refractivity contribution in [2.24, 2.45) is 5.18 Å². The third-order valence-electron chi connectivity index (χ3n) is 4.61. The van der Waals surface area contributed by atoms with Gasteiger partial charge < -0.3 is 23.9 Å². The van der Waals surface area contributed by atoms with Gasteiger partial charge in [-0.3, -0.25) is 0 Å². The first kappa shape index (κ1) is 17.9. The number of carbonyl (C=O) groups excluding carboxylic acids is 1. The molecule has 1 aromatic heterocycles. The summed E-state index contributed by atoms with van der Waals surface area (Å²) in [5.41, 5.74) is 1.17. The van der Waals surface area contributed by atoms with Crippen LogP contribution in [0.2, 0.25) is 0 Å². The van der Waals surface area contributed by atoms with Gasteiger partial charge >= 0.3 is 5.97 Å². The molecule has 1 aliphatic heterocycles. The summed E-state index contributed by atoms with van der Waals surface area (Å²) < 4.78 is 30.8. The molecule has 0 saturated carbocycles. The van der Waals surface area contributed by atoms with Crippen LogP contribution in [0.25, 0.3) is 10.9 Å². The highest BCUT2D eigenvalue weighted by Crippen LogP contribution is 2.42. The van der Waals surface area contributed by atoms with E-state index in [1.54, 1.807) is 12.1 Å². The molecule has 2 aromatic carbocycles. The zero-order valence-electron chi connectivity index (χ0n) is 14.8. The van der Waals surface area contributed by atoms with Crippen LogP contribution in [-0.2, 0) is 22.6 Å². The molecular weight excluding hydrogens is 371 g/mol. The highest BCUT2D eigenvalue weighted by atomic mass is 19.1. The number of nitroso groups, excluding NO2 is 1. The van der Waals surface area contributed by atoms with E-state index in [9.17, 15) is 19.2 Å². The number of ether oxygens (including phenoxy) is 3. The van der Waals surface area contributed by atoms with Crippen LogP contribution in [0.3, 0.4) is 0 Å². The summed E-state index contributed by atoms with van der Waals surface area (Å²) in [4.78, 5) is 23.5. The fourth-order valence-electron chi connectivity index (χ4n) is 3.44. The molecule has 0 amide bonds. The minimum absolute atomic E-state index is 0.0113. The number of rotatable bonds is 4. The van der Waals surface area contributed by atoms with Crippen molar-refractivity contribution in [3.8, 4) is 11.6 Å². The first-order chi connectivity index (χ1) is 13.5. The summed E-state index contributed by atoms with van der Waals surface area (Å²) in [6.45, 7) is 0.215. The highest BCUT2D eigenvalue weighted by molar-refractivity contribution is 6.10. The quantitative estimate of drug-likeness (QED) is 0.543. The Hall–Kier alpha value is -3.46. The number of halogens is 1. The number of hydrogen-bond donors (Lipinski definition) is 1. The van der Waals surface area contributed by atoms with E-state index in [4.69, 9.17) is 14.2 Å². The summed E-state index contributed by atoms with van der Waals surface area (Å²) in [6, 6.07) is 7.28. The second kappa shape index (κ2) is 6.93. The monoisotopic (exact) mass is 386 g/mol. The Morgan fingerprint density at radius 2 is 2.21 bits per heavy atom. The van der Waals surface area contributed by atoms with Gasteiger partial charge in [0.1, 0.15) is 11.6 Å². The van der Waals surface area contributed by atoms with Crippen LogP contribution in [0, 0.1) is 10.7 Å². The number of benzene rings is 2. The Labute approximate surface area is 158 Å². The lowest BCUT2D eigenvalue weighted by Gasteiger charge is -2.21. The Balaban J connectivity index is 1.92. The van der Waals surface area contributed by atoms with Crippen molar-refractivity contribution in [3.05, 3.63) is 57.7 Å². The van der Waals surface area contributed by atoms with Gasteiger partial charge in [0.05, 0.1) is 31.3 Å². The summed E-state index contributed by atoms with van der Waals surface area (Å²) >= 11 is 0. The SMILES string of the molecule is COC(=O)c1cccc2c1c(N=O)c(O)n2Cc1cc(F)cc2c1OCOC2. The van der Waals surface area contributed by atoms with Gasteiger partial charge in [-0.25, -0.2) is 9.18 Å². The van der Waals surface area contributed by atoms with E-state index in [0.29, 0.717) is 22.4 Å². The highest BCUT2D eigenvalue weighted by Gasteiger charge is 2.25. The second-order valence-corrected chi connectivity index (χ2v) is 6.20. The van der Waals surface area contributed by atoms with Gasteiger partial charge in [-0.1, -0.05) is 6.07 Å². The van der Waals surface area contributed by atoms with Crippen molar-refractivity contribution >= 4 is 22.6 Å². The first-order valence-electron chi connectivity index (χ1n) is 8.32. The normalized spacial score (nSPS) is 13.1. The minimum atomic E-state index is -0.670. The molecule has 0 radical (unpaired) electrons. The Morgan fingerprint density at radius 3 is 2.96 bits per heavy atom. The number of esters is 1. The maximum atomic E-state index is 14.0. The van der Waals surface area contributed by atoms with Crippen LogP contribution in [0.15, 0.2) is 35.5 Å². The van der Waals surface area contributed by atoms with Gasteiger partial charge in [-0.2, -0.15) is 0 Å². The lowest BCUT2D eigenvalue weighted by Crippen LogP contribution is -2.14. The van der Waals surface area contributed by atoms with Crippen molar-refractivity contribution < 1.29 is 28.5 Å². The van der Waals surface area contributed by atoms with Gasteiger partial charge in [0.15, 0.2) is 12.5 Å². The number of aromatic hydroxyl groups is 1. The number of methoxy groups -OCH3 is 1. The first-order valence-corrected chi connectivity index (χ1v) is 8.32. The largest absolute Gasteiger partial charge is 0.493 e. The third-order valence-corrected chi connectivity index (χ3v) is 4.61. The molecule has 3 aromatic rings. The Bertz CT molecular complexity index is 1110. The predicted molar refractivity (Wildman–Crippen MR) is 96.2 cm³/mol. The van der Waals surface area contributed by atoms with E-state index in [1.165, 1.54) is 29.9 Å². The molecule has 0 aliphatic carbocycles. The van der Waals surface area contributed by atoms with Gasteiger partial charge in [0.25, 0.3) is 0 Å². The van der Waals surface area contributed by atoms with E-state index in [1.807, 2.05) is 0 Å². The zero-order chi connectivity index (χ0) is 19.8. The fourth-order valence-corrected chi connectivity index (χ4v) is 3.44. The van der Waals surface area contributed by atoms with Crippen LogP contribution in [0.4, 0.5) is 10.1 Å². The molecule has 0 fully saturated rings. The maximum absolute atomic E-state index is 14.0. The maximum Gasteiger partial charge on any atom is 0.338 e. The van der Waals surface area contributed by atoms with Gasteiger partial charge in [0.2, 0.25) is 5.88 Å². The topological polar surface area (TPSA) is 99.3 Å². The Morgan fingerprint density at radius 1 is 1.39 bits per heavy atom. The molecule has 4 rings (SSSR count). The summed E-state index contributed by atoms with van der Waals surface area (Å²) in [5, 5.41) is 13.6. The minimum Gasteiger partial charge on any atom is -0.493 e. The van der Waals surface area contributed by atoms with Gasteiger partial charge in [-0.15, -0.1) is 4.91 Å². The third kappa shape index (κ3) is 2.76. The van der Waals surface area contributed by atoms with Crippen LogP contribution >= 0.6 is 0 Å². The molecule has 0 saturated heterocycles. The van der Waals surface area contributed by atoms with Crippen molar-refractivity contribution in [1.82, 2.24) is 4.57 Å². The van der Waals surface area contributed by atoms with E-state index in [0.717, 1.165) is 0 Å². The standard InChI is InChI=1S/C19H15FN2O6/c1-26-19(24)13-3-2-4-14-15(13)16(21-25)18(23)22(14)7-10-5-12(20)6-11-8-27-9-28-17(10)11/h2-6,23H,7-9H2,1H3. The summed E-state index contributed by atoms with van der Waals surface area (Å²) in [5.74, 6) is -1.14. The van der Waals surface area contributed by atoms with Crippen molar-refractivity contribution in [3.63, 3.8) is 0 Å². The van der Waals surface area contributed by atoms with E-state index in [2.05, 4.69) is 5.18 Å². The molecule has 0 spiro atoms. The molecule has 0 unspecified atom stereocenters. The molecule has 1 N–H and O–H groups in total. The number of fused-ring (bicyclic) bond motifs is 2. The molecule has 8 nitrogen and oxygen atoms in total. The van der Waals surface area contributed by atoms with Crippen molar-refractivity contribution in [1.29, 1.82) is 0 Å². The molecular formula is C19H15FN2O6. The summed E-state index contributed by atoms with van der Waals surface area (Å²) in [7, 11) is 1.21. The number of hydrogen-bond acceptors (Lipinski definition) is 7. The Kier molecular flexibility index (Phi) is 4.44. The fraction of sp³-hybridized carbons (Fsp3) is 0.211. The van der Waals surface area contributed by atoms with E-state index in [-0.39, 0.29) is 36.6 Å².